The molecular formula is C12H16F2N2. The van der Waals surface area contributed by atoms with E-state index in [1.807, 2.05) is 6.92 Å². The van der Waals surface area contributed by atoms with Gasteiger partial charge >= 0.3 is 0 Å². The first-order valence-corrected chi connectivity index (χ1v) is 5.58. The molecule has 1 saturated heterocycles. The van der Waals surface area contributed by atoms with Crippen LogP contribution < -0.4 is 5.32 Å². The Morgan fingerprint density at radius 3 is 2.50 bits per heavy atom. The van der Waals surface area contributed by atoms with Crippen molar-refractivity contribution in [3.63, 3.8) is 0 Å². The van der Waals surface area contributed by atoms with Gasteiger partial charge in [-0.2, -0.15) is 0 Å². The Kier molecular flexibility index (Phi) is 3.51. The topological polar surface area (TPSA) is 15.3 Å². The Balaban J connectivity index is 2.12. The fourth-order valence-corrected chi connectivity index (χ4v) is 2.05. The van der Waals surface area contributed by atoms with E-state index in [1.165, 1.54) is 12.1 Å². The monoisotopic (exact) mass is 226 g/mol. The largest absolute Gasteiger partial charge is 0.314 e. The lowest BCUT2D eigenvalue weighted by Gasteiger charge is -2.33. The van der Waals surface area contributed by atoms with Crippen LogP contribution in [0.3, 0.4) is 0 Å². The molecule has 1 aliphatic heterocycles. The van der Waals surface area contributed by atoms with E-state index >= 15 is 0 Å². The molecule has 1 aromatic rings. The highest BCUT2D eigenvalue weighted by molar-refractivity contribution is 5.21. The second-order valence-corrected chi connectivity index (χ2v) is 4.14. The summed E-state index contributed by atoms with van der Waals surface area (Å²) in [6.07, 6.45) is 0. The molecule has 1 atom stereocenters. The van der Waals surface area contributed by atoms with Gasteiger partial charge in [0.1, 0.15) is 0 Å². The molecule has 0 radical (unpaired) electrons. The van der Waals surface area contributed by atoms with E-state index < -0.39 is 11.6 Å². The van der Waals surface area contributed by atoms with Crippen molar-refractivity contribution in [3.05, 3.63) is 35.4 Å². The predicted octanol–water partition coefficient (Wildman–Crippen LogP) is 1.93. The van der Waals surface area contributed by atoms with Crippen molar-refractivity contribution < 1.29 is 8.78 Å². The van der Waals surface area contributed by atoms with Gasteiger partial charge in [0.25, 0.3) is 0 Å². The van der Waals surface area contributed by atoms with E-state index in [-0.39, 0.29) is 6.04 Å². The van der Waals surface area contributed by atoms with E-state index in [2.05, 4.69) is 10.2 Å². The van der Waals surface area contributed by atoms with Crippen molar-refractivity contribution in [2.75, 3.05) is 26.2 Å². The first-order chi connectivity index (χ1) is 7.68. The SMILES string of the molecule is CC(c1ccc(F)c(F)c1)N1CCNCC1. The van der Waals surface area contributed by atoms with Crippen molar-refractivity contribution in [2.45, 2.75) is 13.0 Å². The van der Waals surface area contributed by atoms with Crippen LogP contribution in [0.15, 0.2) is 18.2 Å². The first-order valence-electron chi connectivity index (χ1n) is 5.58. The molecule has 0 spiro atoms. The number of hydrogen-bond acceptors (Lipinski definition) is 2. The number of benzene rings is 1. The quantitative estimate of drug-likeness (QED) is 0.829. The van der Waals surface area contributed by atoms with Crippen LogP contribution >= 0.6 is 0 Å². The Labute approximate surface area is 94.3 Å². The molecule has 1 aromatic carbocycles. The summed E-state index contributed by atoms with van der Waals surface area (Å²) in [5.41, 5.74) is 0.834. The van der Waals surface area contributed by atoms with E-state index in [4.69, 9.17) is 0 Å². The van der Waals surface area contributed by atoms with Crippen LogP contribution in [0.5, 0.6) is 0 Å². The van der Waals surface area contributed by atoms with Gasteiger partial charge in [-0.15, -0.1) is 0 Å². The lowest BCUT2D eigenvalue weighted by atomic mass is 10.1. The third-order valence-corrected chi connectivity index (χ3v) is 3.13. The summed E-state index contributed by atoms with van der Waals surface area (Å²) < 4.78 is 25.9. The molecule has 0 aliphatic carbocycles. The van der Waals surface area contributed by atoms with Gasteiger partial charge in [0.2, 0.25) is 0 Å². The van der Waals surface area contributed by atoms with Gasteiger partial charge in [0, 0.05) is 32.2 Å². The minimum Gasteiger partial charge on any atom is -0.314 e. The van der Waals surface area contributed by atoms with Gasteiger partial charge in [0.05, 0.1) is 0 Å². The maximum absolute atomic E-state index is 13.1. The smallest absolute Gasteiger partial charge is 0.159 e. The van der Waals surface area contributed by atoms with Crippen molar-refractivity contribution in [1.29, 1.82) is 0 Å². The molecule has 1 N–H and O–H groups in total. The molecule has 0 saturated carbocycles. The highest BCUT2D eigenvalue weighted by Crippen LogP contribution is 2.22. The maximum atomic E-state index is 13.1. The molecule has 1 fully saturated rings. The van der Waals surface area contributed by atoms with Gasteiger partial charge in [-0.05, 0) is 24.6 Å². The molecule has 0 bridgehead atoms. The summed E-state index contributed by atoms with van der Waals surface area (Å²) in [7, 11) is 0. The molecule has 0 aromatic heterocycles. The summed E-state index contributed by atoms with van der Waals surface area (Å²) in [5, 5.41) is 3.27. The summed E-state index contributed by atoms with van der Waals surface area (Å²) in [4.78, 5) is 2.27. The Morgan fingerprint density at radius 2 is 1.88 bits per heavy atom. The van der Waals surface area contributed by atoms with Crippen molar-refractivity contribution in [1.82, 2.24) is 10.2 Å². The minimum atomic E-state index is -0.781. The zero-order chi connectivity index (χ0) is 11.5. The van der Waals surface area contributed by atoms with Gasteiger partial charge < -0.3 is 5.32 Å². The molecule has 88 valence electrons. The first kappa shape index (κ1) is 11.5. The third kappa shape index (κ3) is 2.39. The van der Waals surface area contributed by atoms with Crippen LogP contribution in [0.2, 0.25) is 0 Å². The van der Waals surface area contributed by atoms with Crippen LogP contribution in [-0.4, -0.2) is 31.1 Å². The lowest BCUT2D eigenvalue weighted by molar-refractivity contribution is 0.185. The van der Waals surface area contributed by atoms with E-state index in [0.717, 1.165) is 31.7 Å². The van der Waals surface area contributed by atoms with Crippen molar-refractivity contribution in [2.24, 2.45) is 0 Å². The standard InChI is InChI=1S/C12H16F2N2/c1-9(16-6-4-15-5-7-16)10-2-3-11(13)12(14)8-10/h2-3,8-9,15H,4-7H2,1H3. The summed E-state index contributed by atoms with van der Waals surface area (Å²) in [6, 6.07) is 4.29. The van der Waals surface area contributed by atoms with E-state index in [1.54, 1.807) is 6.07 Å². The molecule has 0 amide bonds. The van der Waals surface area contributed by atoms with Crippen LogP contribution in [0, 0.1) is 11.6 Å². The average molecular weight is 226 g/mol. The van der Waals surface area contributed by atoms with Gasteiger partial charge in [-0.1, -0.05) is 6.07 Å². The number of halogens is 2. The minimum absolute atomic E-state index is 0.136. The van der Waals surface area contributed by atoms with Crippen molar-refractivity contribution >= 4 is 0 Å². The Hall–Kier alpha value is -1.00. The van der Waals surface area contributed by atoms with Gasteiger partial charge in [-0.3, -0.25) is 4.90 Å². The normalized spacial score (nSPS) is 19.7. The van der Waals surface area contributed by atoms with Gasteiger partial charge in [0.15, 0.2) is 11.6 Å². The molecule has 2 rings (SSSR count). The molecule has 2 nitrogen and oxygen atoms in total. The molecule has 16 heavy (non-hydrogen) atoms. The zero-order valence-electron chi connectivity index (χ0n) is 9.34. The second-order valence-electron chi connectivity index (χ2n) is 4.14. The number of rotatable bonds is 2. The molecule has 4 heteroatoms. The van der Waals surface area contributed by atoms with Crippen LogP contribution in [-0.2, 0) is 0 Å². The second kappa shape index (κ2) is 4.89. The van der Waals surface area contributed by atoms with E-state index in [0.29, 0.717) is 0 Å². The molecule has 1 heterocycles. The van der Waals surface area contributed by atoms with Crippen LogP contribution in [0.4, 0.5) is 8.78 Å². The Morgan fingerprint density at radius 1 is 1.19 bits per heavy atom. The number of hydrogen-bond donors (Lipinski definition) is 1. The fourth-order valence-electron chi connectivity index (χ4n) is 2.05. The third-order valence-electron chi connectivity index (χ3n) is 3.13. The van der Waals surface area contributed by atoms with Crippen LogP contribution in [0.1, 0.15) is 18.5 Å². The Bertz CT molecular complexity index is 362. The molecule has 1 unspecified atom stereocenters. The predicted molar refractivity (Wildman–Crippen MR) is 59.2 cm³/mol. The zero-order valence-corrected chi connectivity index (χ0v) is 9.34. The fraction of sp³-hybridized carbons (Fsp3) is 0.500. The average Bonchev–Trinajstić information content (AvgIpc) is 2.33. The number of piperazine rings is 1. The molecule has 1 aliphatic rings. The van der Waals surface area contributed by atoms with Crippen LogP contribution in [0.25, 0.3) is 0 Å². The highest BCUT2D eigenvalue weighted by atomic mass is 19.2. The maximum Gasteiger partial charge on any atom is 0.159 e. The number of nitrogens with one attached hydrogen (secondary N) is 1. The molecular weight excluding hydrogens is 210 g/mol. The van der Waals surface area contributed by atoms with E-state index in [9.17, 15) is 8.78 Å². The summed E-state index contributed by atoms with van der Waals surface area (Å²) in [6.45, 7) is 5.82. The highest BCUT2D eigenvalue weighted by Gasteiger charge is 2.18. The number of nitrogens with zero attached hydrogens (tertiary/aromatic N) is 1. The van der Waals surface area contributed by atoms with Crippen molar-refractivity contribution in [3.8, 4) is 0 Å². The lowest BCUT2D eigenvalue weighted by Crippen LogP contribution is -2.44. The van der Waals surface area contributed by atoms with Gasteiger partial charge in [-0.25, -0.2) is 8.78 Å². The summed E-state index contributed by atoms with van der Waals surface area (Å²) in [5.74, 6) is -1.55. The summed E-state index contributed by atoms with van der Waals surface area (Å²) >= 11 is 0.